The van der Waals surface area contributed by atoms with Crippen LogP contribution in [0.5, 0.6) is 0 Å². The van der Waals surface area contributed by atoms with Crippen molar-refractivity contribution >= 4 is 17.6 Å². The van der Waals surface area contributed by atoms with Gasteiger partial charge in [0, 0.05) is 24.7 Å². The molecule has 1 atom stereocenters. The first-order valence-corrected chi connectivity index (χ1v) is 9.58. The fourth-order valence-electron chi connectivity index (χ4n) is 2.49. The lowest BCUT2D eigenvalue weighted by Crippen LogP contribution is -2.36. The third kappa shape index (κ3) is 7.13. The van der Waals surface area contributed by atoms with Gasteiger partial charge in [-0.1, -0.05) is 56.3 Å². The van der Waals surface area contributed by atoms with Gasteiger partial charge in [0.1, 0.15) is 0 Å². The van der Waals surface area contributed by atoms with Crippen LogP contribution in [0.1, 0.15) is 38.3 Å². The quantitative estimate of drug-likeness (QED) is 0.490. The summed E-state index contributed by atoms with van der Waals surface area (Å²) in [5.41, 5.74) is 3.07. The van der Waals surface area contributed by atoms with Crippen LogP contribution in [0.3, 0.4) is 0 Å². The summed E-state index contributed by atoms with van der Waals surface area (Å²) in [6.07, 6.45) is 0.828. The molecule has 0 spiro atoms. The van der Waals surface area contributed by atoms with Gasteiger partial charge >= 0.3 is 0 Å². The number of hydrogen-bond donors (Lipinski definition) is 3. The normalized spacial score (nSPS) is 12.3. The molecule has 0 radical (unpaired) electrons. The van der Waals surface area contributed by atoms with E-state index >= 15 is 0 Å². The van der Waals surface area contributed by atoms with Crippen molar-refractivity contribution in [2.45, 2.75) is 40.3 Å². The Labute approximate surface area is 162 Å². The number of carbonyl (C=O) groups is 1. The monoisotopic (exact) mass is 366 g/mol. The zero-order chi connectivity index (χ0) is 19.5. The van der Waals surface area contributed by atoms with Gasteiger partial charge in [-0.25, -0.2) is 4.99 Å². The van der Waals surface area contributed by atoms with Crippen molar-refractivity contribution in [3.05, 3.63) is 65.7 Å². The first-order valence-electron chi connectivity index (χ1n) is 9.58. The summed E-state index contributed by atoms with van der Waals surface area (Å²) in [6.45, 7) is 8.05. The van der Waals surface area contributed by atoms with Crippen molar-refractivity contribution in [1.82, 2.24) is 10.6 Å². The SMILES string of the molecule is CCNC(=NCc1cccc(NC(=O)C(C)CC)c1)NCc1ccccc1. The van der Waals surface area contributed by atoms with Crippen LogP contribution in [0, 0.1) is 5.92 Å². The number of anilines is 1. The summed E-state index contributed by atoms with van der Waals surface area (Å²) in [5, 5.41) is 9.58. The molecule has 1 amide bonds. The Kier molecular flexibility index (Phi) is 8.36. The molecule has 0 saturated heterocycles. The zero-order valence-electron chi connectivity index (χ0n) is 16.5. The highest BCUT2D eigenvalue weighted by molar-refractivity contribution is 5.92. The summed E-state index contributed by atoms with van der Waals surface area (Å²) < 4.78 is 0. The molecular formula is C22H30N4O. The fourth-order valence-corrected chi connectivity index (χ4v) is 2.49. The van der Waals surface area contributed by atoms with E-state index in [1.165, 1.54) is 5.56 Å². The first kappa shape index (κ1) is 20.5. The topological polar surface area (TPSA) is 65.5 Å². The van der Waals surface area contributed by atoms with Crippen molar-refractivity contribution in [3.63, 3.8) is 0 Å². The predicted octanol–water partition coefficient (Wildman–Crippen LogP) is 3.93. The second kappa shape index (κ2) is 11.0. The van der Waals surface area contributed by atoms with Crippen molar-refractivity contribution < 1.29 is 4.79 Å². The summed E-state index contributed by atoms with van der Waals surface area (Å²) in [7, 11) is 0. The Morgan fingerprint density at radius 3 is 2.44 bits per heavy atom. The van der Waals surface area contributed by atoms with E-state index in [1.54, 1.807) is 0 Å². The third-order valence-corrected chi connectivity index (χ3v) is 4.32. The Morgan fingerprint density at radius 1 is 1.00 bits per heavy atom. The highest BCUT2D eigenvalue weighted by Gasteiger charge is 2.10. The zero-order valence-corrected chi connectivity index (χ0v) is 16.5. The van der Waals surface area contributed by atoms with Gasteiger partial charge in [0.05, 0.1) is 6.54 Å². The van der Waals surface area contributed by atoms with Crippen molar-refractivity contribution in [3.8, 4) is 0 Å². The molecule has 0 fully saturated rings. The molecule has 5 heteroatoms. The van der Waals surface area contributed by atoms with E-state index in [2.05, 4.69) is 33.1 Å². The van der Waals surface area contributed by atoms with E-state index in [1.807, 2.05) is 63.2 Å². The highest BCUT2D eigenvalue weighted by Crippen LogP contribution is 2.13. The molecule has 144 valence electrons. The molecule has 0 aliphatic heterocycles. The summed E-state index contributed by atoms with van der Waals surface area (Å²) >= 11 is 0. The van der Waals surface area contributed by atoms with Gasteiger partial charge in [0.15, 0.2) is 5.96 Å². The van der Waals surface area contributed by atoms with E-state index in [4.69, 9.17) is 0 Å². The minimum absolute atomic E-state index is 0.00854. The van der Waals surface area contributed by atoms with Gasteiger partial charge in [-0.2, -0.15) is 0 Å². The molecule has 0 aliphatic carbocycles. The fraction of sp³-hybridized carbons (Fsp3) is 0.364. The van der Waals surface area contributed by atoms with Crippen molar-refractivity contribution in [2.75, 3.05) is 11.9 Å². The van der Waals surface area contributed by atoms with E-state index in [0.29, 0.717) is 6.54 Å². The molecule has 0 saturated carbocycles. The number of hydrogen-bond acceptors (Lipinski definition) is 2. The number of nitrogens with zero attached hydrogens (tertiary/aromatic N) is 1. The Balaban J connectivity index is 1.98. The van der Waals surface area contributed by atoms with E-state index < -0.39 is 0 Å². The second-order valence-corrected chi connectivity index (χ2v) is 6.53. The Bertz CT molecular complexity index is 743. The molecule has 2 aromatic rings. The predicted molar refractivity (Wildman–Crippen MR) is 113 cm³/mol. The maximum Gasteiger partial charge on any atom is 0.227 e. The lowest BCUT2D eigenvalue weighted by atomic mass is 10.1. The molecule has 0 heterocycles. The van der Waals surface area contributed by atoms with E-state index in [-0.39, 0.29) is 11.8 Å². The molecule has 0 aliphatic rings. The maximum atomic E-state index is 12.1. The smallest absolute Gasteiger partial charge is 0.227 e. The molecule has 5 nitrogen and oxygen atoms in total. The molecule has 27 heavy (non-hydrogen) atoms. The van der Waals surface area contributed by atoms with E-state index in [9.17, 15) is 4.79 Å². The van der Waals surface area contributed by atoms with Crippen LogP contribution in [0.15, 0.2) is 59.6 Å². The van der Waals surface area contributed by atoms with Crippen LogP contribution in [0.2, 0.25) is 0 Å². The van der Waals surface area contributed by atoms with Gasteiger partial charge in [-0.3, -0.25) is 4.79 Å². The number of guanidine groups is 1. The summed E-state index contributed by atoms with van der Waals surface area (Å²) in [6, 6.07) is 18.1. The average Bonchev–Trinajstić information content (AvgIpc) is 2.70. The number of benzene rings is 2. The number of amides is 1. The summed E-state index contributed by atoms with van der Waals surface area (Å²) in [4.78, 5) is 16.7. The van der Waals surface area contributed by atoms with Gasteiger partial charge < -0.3 is 16.0 Å². The third-order valence-electron chi connectivity index (χ3n) is 4.32. The van der Waals surface area contributed by atoms with Crippen molar-refractivity contribution in [1.29, 1.82) is 0 Å². The number of rotatable bonds is 8. The standard InChI is InChI=1S/C22H30N4O/c1-4-17(3)21(27)26-20-13-9-12-19(14-20)16-25-22(23-5-2)24-15-18-10-7-6-8-11-18/h6-14,17H,4-5,15-16H2,1-3H3,(H,26,27)(H2,23,24,25). The van der Waals surface area contributed by atoms with Crippen LogP contribution in [-0.4, -0.2) is 18.4 Å². The Morgan fingerprint density at radius 2 is 1.74 bits per heavy atom. The van der Waals surface area contributed by atoms with Crippen LogP contribution < -0.4 is 16.0 Å². The molecule has 1 unspecified atom stereocenters. The molecule has 0 bridgehead atoms. The van der Waals surface area contributed by atoms with Gasteiger partial charge in [0.25, 0.3) is 0 Å². The Hall–Kier alpha value is -2.82. The van der Waals surface area contributed by atoms with Gasteiger partial charge in [-0.15, -0.1) is 0 Å². The highest BCUT2D eigenvalue weighted by atomic mass is 16.1. The van der Waals surface area contributed by atoms with Crippen LogP contribution in [0.25, 0.3) is 0 Å². The van der Waals surface area contributed by atoms with Gasteiger partial charge in [-0.05, 0) is 36.6 Å². The second-order valence-electron chi connectivity index (χ2n) is 6.53. The first-order chi connectivity index (χ1) is 13.1. The molecule has 3 N–H and O–H groups in total. The number of carbonyl (C=O) groups excluding carboxylic acids is 1. The molecule has 2 rings (SSSR count). The lowest BCUT2D eigenvalue weighted by Gasteiger charge is -2.12. The van der Waals surface area contributed by atoms with Crippen LogP contribution in [-0.2, 0) is 17.9 Å². The van der Waals surface area contributed by atoms with E-state index in [0.717, 1.165) is 36.7 Å². The molecular weight excluding hydrogens is 336 g/mol. The lowest BCUT2D eigenvalue weighted by molar-refractivity contribution is -0.119. The average molecular weight is 367 g/mol. The summed E-state index contributed by atoms with van der Waals surface area (Å²) in [5.74, 6) is 0.834. The maximum absolute atomic E-state index is 12.1. The minimum Gasteiger partial charge on any atom is -0.357 e. The molecule has 2 aromatic carbocycles. The van der Waals surface area contributed by atoms with Gasteiger partial charge in [0.2, 0.25) is 5.91 Å². The molecule has 0 aromatic heterocycles. The van der Waals surface area contributed by atoms with Crippen LogP contribution >= 0.6 is 0 Å². The minimum atomic E-state index is 0.00854. The number of aliphatic imine (C=N–C) groups is 1. The number of nitrogens with one attached hydrogen (secondary N) is 3. The van der Waals surface area contributed by atoms with Crippen LogP contribution in [0.4, 0.5) is 5.69 Å². The van der Waals surface area contributed by atoms with Crippen molar-refractivity contribution in [2.24, 2.45) is 10.9 Å². The largest absolute Gasteiger partial charge is 0.357 e.